The summed E-state index contributed by atoms with van der Waals surface area (Å²) in [5.74, 6) is 0. The molecule has 0 aliphatic carbocycles. The molecule has 1 aromatic heterocycles. The molecule has 1 amide bonds. The zero-order valence-corrected chi connectivity index (χ0v) is 15.9. The van der Waals surface area contributed by atoms with Gasteiger partial charge in [-0.1, -0.05) is 15.9 Å². The summed E-state index contributed by atoms with van der Waals surface area (Å²) < 4.78 is 6.02. The number of rotatable bonds is 2. The average molecular weight is 404 g/mol. The molecule has 0 fully saturated rings. The fourth-order valence-corrected chi connectivity index (χ4v) is 2.64. The molecule has 0 unspecified atom stereocenters. The van der Waals surface area contributed by atoms with Gasteiger partial charge in [0.25, 0.3) is 5.56 Å². The molecule has 25 heavy (non-hydrogen) atoms. The number of carbonyl (C=O) groups excluding carboxylic acids is 1. The van der Waals surface area contributed by atoms with Crippen molar-refractivity contribution in [1.82, 2.24) is 4.98 Å². The molecule has 1 aromatic carbocycles. The van der Waals surface area contributed by atoms with Crippen LogP contribution in [0, 0.1) is 18.3 Å². The molecule has 0 bridgehead atoms. The van der Waals surface area contributed by atoms with E-state index >= 15 is 0 Å². The summed E-state index contributed by atoms with van der Waals surface area (Å²) >= 11 is 3.38. The summed E-state index contributed by atoms with van der Waals surface area (Å²) in [6.45, 7) is 7.03. The number of pyridine rings is 1. The van der Waals surface area contributed by atoms with Gasteiger partial charge in [-0.2, -0.15) is 5.26 Å². The van der Waals surface area contributed by atoms with Gasteiger partial charge in [0, 0.05) is 21.3 Å². The highest BCUT2D eigenvalue weighted by atomic mass is 79.9. The smallest absolute Gasteiger partial charge is 0.412 e. The summed E-state index contributed by atoms with van der Waals surface area (Å²) in [6.07, 6.45) is -0.615. The Balaban J connectivity index is 2.57. The maximum atomic E-state index is 12.1. The zero-order chi connectivity index (χ0) is 18.8. The lowest BCUT2D eigenvalue weighted by molar-refractivity contribution is 0.0636. The van der Waals surface area contributed by atoms with Gasteiger partial charge in [-0.05, 0) is 52.0 Å². The zero-order valence-electron chi connectivity index (χ0n) is 14.4. The molecular weight excluding hydrogens is 386 g/mol. The van der Waals surface area contributed by atoms with Gasteiger partial charge in [-0.3, -0.25) is 10.1 Å². The van der Waals surface area contributed by atoms with E-state index in [-0.39, 0.29) is 5.56 Å². The topological polar surface area (TPSA) is 95.0 Å². The molecule has 2 N–H and O–H groups in total. The third-order valence-electron chi connectivity index (χ3n) is 3.19. The van der Waals surface area contributed by atoms with E-state index in [1.807, 2.05) is 6.07 Å². The van der Waals surface area contributed by atoms with Gasteiger partial charge in [0.05, 0.1) is 5.69 Å². The first-order valence-electron chi connectivity index (χ1n) is 7.54. The number of halogens is 1. The Bertz CT molecular complexity index is 921. The SMILES string of the molecule is Cc1cc(-c2cc(Br)ccc2NC(=O)OC(C)(C)C)c(C#N)c(=O)[nH]1. The van der Waals surface area contributed by atoms with Crippen LogP contribution < -0.4 is 10.9 Å². The Hall–Kier alpha value is -2.59. The quantitative estimate of drug-likeness (QED) is 0.779. The number of aryl methyl sites for hydroxylation is 1. The van der Waals surface area contributed by atoms with Crippen LogP contribution in [0.4, 0.5) is 10.5 Å². The minimum atomic E-state index is -0.641. The second-order valence-corrected chi connectivity index (χ2v) is 7.41. The van der Waals surface area contributed by atoms with E-state index in [2.05, 4.69) is 26.2 Å². The Morgan fingerprint density at radius 2 is 1.96 bits per heavy atom. The van der Waals surface area contributed by atoms with Crippen LogP contribution in [0.5, 0.6) is 0 Å². The summed E-state index contributed by atoms with van der Waals surface area (Å²) in [7, 11) is 0. The first kappa shape index (κ1) is 18.7. The van der Waals surface area contributed by atoms with Crippen LogP contribution in [0.25, 0.3) is 11.1 Å². The molecule has 0 saturated carbocycles. The number of benzene rings is 1. The molecule has 6 nitrogen and oxygen atoms in total. The van der Waals surface area contributed by atoms with Gasteiger partial charge >= 0.3 is 6.09 Å². The highest BCUT2D eigenvalue weighted by Crippen LogP contribution is 2.32. The van der Waals surface area contributed by atoms with Crippen molar-refractivity contribution in [1.29, 1.82) is 5.26 Å². The number of hydrogen-bond donors (Lipinski definition) is 2. The Morgan fingerprint density at radius 3 is 2.56 bits per heavy atom. The number of anilines is 1. The molecule has 130 valence electrons. The highest BCUT2D eigenvalue weighted by molar-refractivity contribution is 9.10. The van der Waals surface area contributed by atoms with E-state index in [1.54, 1.807) is 52.0 Å². The number of ether oxygens (including phenoxy) is 1. The predicted molar refractivity (Wildman–Crippen MR) is 99.5 cm³/mol. The Morgan fingerprint density at radius 1 is 1.28 bits per heavy atom. The van der Waals surface area contributed by atoms with Crippen molar-refractivity contribution >= 4 is 27.7 Å². The second kappa shape index (κ2) is 7.11. The van der Waals surface area contributed by atoms with E-state index < -0.39 is 17.3 Å². The van der Waals surface area contributed by atoms with Crippen molar-refractivity contribution in [2.45, 2.75) is 33.3 Å². The molecule has 1 heterocycles. The molecule has 0 saturated heterocycles. The first-order chi connectivity index (χ1) is 11.6. The highest BCUT2D eigenvalue weighted by Gasteiger charge is 2.19. The molecule has 2 rings (SSSR count). The monoisotopic (exact) mass is 403 g/mol. The van der Waals surface area contributed by atoms with Gasteiger partial charge < -0.3 is 9.72 Å². The van der Waals surface area contributed by atoms with Crippen LogP contribution in [-0.2, 0) is 4.74 Å². The third-order valence-corrected chi connectivity index (χ3v) is 3.68. The number of aromatic nitrogens is 1. The minimum Gasteiger partial charge on any atom is -0.444 e. The van der Waals surface area contributed by atoms with Crippen molar-refractivity contribution < 1.29 is 9.53 Å². The molecule has 0 aliphatic heterocycles. The van der Waals surface area contributed by atoms with E-state index in [0.29, 0.717) is 22.5 Å². The minimum absolute atomic E-state index is 0.0176. The lowest BCUT2D eigenvalue weighted by Crippen LogP contribution is -2.27. The number of nitrogens with zero attached hydrogens (tertiary/aromatic N) is 1. The first-order valence-corrected chi connectivity index (χ1v) is 8.34. The lowest BCUT2D eigenvalue weighted by atomic mass is 9.99. The average Bonchev–Trinajstić information content (AvgIpc) is 2.46. The van der Waals surface area contributed by atoms with Gasteiger partial charge in [-0.15, -0.1) is 0 Å². The van der Waals surface area contributed by atoms with Gasteiger partial charge in [0.2, 0.25) is 0 Å². The van der Waals surface area contributed by atoms with Crippen LogP contribution in [-0.4, -0.2) is 16.7 Å². The number of aromatic amines is 1. The number of amides is 1. The molecule has 7 heteroatoms. The third kappa shape index (κ3) is 4.70. The molecule has 0 spiro atoms. The Labute approximate surface area is 154 Å². The second-order valence-electron chi connectivity index (χ2n) is 6.50. The maximum Gasteiger partial charge on any atom is 0.412 e. The van der Waals surface area contributed by atoms with Crippen molar-refractivity contribution in [3.8, 4) is 17.2 Å². The number of nitrogens with one attached hydrogen (secondary N) is 2. The summed E-state index contributed by atoms with van der Waals surface area (Å²) in [6, 6.07) is 8.79. The van der Waals surface area contributed by atoms with Crippen molar-refractivity contribution in [2.75, 3.05) is 5.32 Å². The predicted octanol–water partition coefficient (Wildman–Crippen LogP) is 4.33. The fraction of sp³-hybridized carbons (Fsp3) is 0.278. The van der Waals surface area contributed by atoms with Crippen molar-refractivity contribution in [2.24, 2.45) is 0 Å². The van der Waals surface area contributed by atoms with Gasteiger partial charge in [0.1, 0.15) is 17.2 Å². The summed E-state index contributed by atoms with van der Waals surface area (Å²) in [4.78, 5) is 26.8. The van der Waals surface area contributed by atoms with Crippen LogP contribution >= 0.6 is 15.9 Å². The summed E-state index contributed by atoms with van der Waals surface area (Å²) in [5, 5.41) is 12.0. The van der Waals surface area contributed by atoms with E-state index in [4.69, 9.17) is 4.74 Å². The maximum absolute atomic E-state index is 12.1. The van der Waals surface area contributed by atoms with Crippen LogP contribution in [0.3, 0.4) is 0 Å². The van der Waals surface area contributed by atoms with Crippen LogP contribution in [0.15, 0.2) is 33.5 Å². The van der Waals surface area contributed by atoms with Crippen molar-refractivity contribution in [3.63, 3.8) is 0 Å². The normalized spacial score (nSPS) is 10.9. The van der Waals surface area contributed by atoms with Crippen LogP contribution in [0.2, 0.25) is 0 Å². The molecular formula is C18H18BrN3O3. The number of H-pyrrole nitrogens is 1. The fourth-order valence-electron chi connectivity index (χ4n) is 2.27. The molecule has 0 atom stereocenters. The number of hydrogen-bond acceptors (Lipinski definition) is 4. The lowest BCUT2D eigenvalue weighted by Gasteiger charge is -2.20. The largest absolute Gasteiger partial charge is 0.444 e. The van der Waals surface area contributed by atoms with Crippen LogP contribution in [0.1, 0.15) is 32.0 Å². The standard InChI is InChI=1S/C18H18BrN3O3/c1-10-7-12(14(9-20)16(23)21-10)13-8-11(19)5-6-15(13)22-17(24)25-18(2,3)4/h5-8H,1-4H3,(H,21,23)(H,22,24). The molecule has 0 aliphatic rings. The number of carbonyl (C=O) groups is 1. The van der Waals surface area contributed by atoms with E-state index in [9.17, 15) is 14.9 Å². The molecule has 2 aromatic rings. The van der Waals surface area contributed by atoms with E-state index in [1.165, 1.54) is 0 Å². The Kier molecular flexibility index (Phi) is 5.33. The van der Waals surface area contributed by atoms with Gasteiger partial charge in [0.15, 0.2) is 0 Å². The van der Waals surface area contributed by atoms with Gasteiger partial charge in [-0.25, -0.2) is 4.79 Å². The number of nitriles is 1. The van der Waals surface area contributed by atoms with E-state index in [0.717, 1.165) is 4.47 Å². The van der Waals surface area contributed by atoms with Crippen molar-refractivity contribution in [3.05, 3.63) is 50.3 Å². The summed E-state index contributed by atoms with van der Waals surface area (Å²) in [5.41, 5.74) is 0.914. The molecule has 0 radical (unpaired) electrons.